The predicted molar refractivity (Wildman–Crippen MR) is 84.5 cm³/mol. The largest absolute Gasteiger partial charge is 0.496 e. The molecule has 3 N–H and O–H groups in total. The molecule has 0 radical (unpaired) electrons. The highest BCUT2D eigenvalue weighted by molar-refractivity contribution is 5.96. The monoisotopic (exact) mass is 284 g/mol. The van der Waals surface area contributed by atoms with Gasteiger partial charge < -0.3 is 15.8 Å². The molecular weight excluding hydrogens is 264 g/mol. The van der Waals surface area contributed by atoms with Crippen molar-refractivity contribution < 1.29 is 9.53 Å². The SMILES string of the molecule is COc1c(C)ccc(NC(=O)C(N)c2ccccc2)c1C. The molecule has 0 aliphatic carbocycles. The third-order valence-electron chi connectivity index (χ3n) is 3.51. The predicted octanol–water partition coefficient (Wildman–Crippen LogP) is 2.95. The Morgan fingerprint density at radius 1 is 1.14 bits per heavy atom. The van der Waals surface area contributed by atoms with E-state index in [0.29, 0.717) is 5.69 Å². The number of aryl methyl sites for hydroxylation is 1. The molecule has 1 unspecified atom stereocenters. The molecule has 2 aromatic carbocycles. The maximum absolute atomic E-state index is 12.3. The average Bonchev–Trinajstić information content (AvgIpc) is 2.50. The summed E-state index contributed by atoms with van der Waals surface area (Å²) >= 11 is 0. The molecule has 21 heavy (non-hydrogen) atoms. The molecule has 2 aromatic rings. The van der Waals surface area contributed by atoms with E-state index in [0.717, 1.165) is 22.4 Å². The number of nitrogens with two attached hydrogens (primary N) is 1. The highest BCUT2D eigenvalue weighted by Crippen LogP contribution is 2.29. The molecule has 1 amide bonds. The van der Waals surface area contributed by atoms with E-state index in [1.54, 1.807) is 7.11 Å². The number of anilines is 1. The molecule has 4 nitrogen and oxygen atoms in total. The van der Waals surface area contributed by atoms with Crippen LogP contribution in [0.2, 0.25) is 0 Å². The van der Waals surface area contributed by atoms with E-state index in [1.807, 2.05) is 56.3 Å². The third-order valence-corrected chi connectivity index (χ3v) is 3.51. The summed E-state index contributed by atoms with van der Waals surface area (Å²) in [6, 6.07) is 12.4. The van der Waals surface area contributed by atoms with Crippen molar-refractivity contribution in [2.24, 2.45) is 5.73 Å². The van der Waals surface area contributed by atoms with Gasteiger partial charge >= 0.3 is 0 Å². The van der Waals surface area contributed by atoms with Crippen LogP contribution in [0, 0.1) is 13.8 Å². The van der Waals surface area contributed by atoms with E-state index in [-0.39, 0.29) is 5.91 Å². The van der Waals surface area contributed by atoms with Crippen LogP contribution in [0.3, 0.4) is 0 Å². The van der Waals surface area contributed by atoms with Crippen LogP contribution < -0.4 is 15.8 Å². The van der Waals surface area contributed by atoms with Crippen molar-refractivity contribution in [3.8, 4) is 5.75 Å². The molecule has 0 bridgehead atoms. The fraction of sp³-hybridized carbons (Fsp3) is 0.235. The lowest BCUT2D eigenvalue weighted by Crippen LogP contribution is -2.28. The van der Waals surface area contributed by atoms with Gasteiger partial charge in [0.2, 0.25) is 5.91 Å². The zero-order chi connectivity index (χ0) is 15.4. The zero-order valence-electron chi connectivity index (χ0n) is 12.5. The van der Waals surface area contributed by atoms with Crippen LogP contribution in [-0.4, -0.2) is 13.0 Å². The molecule has 0 aliphatic rings. The highest BCUT2D eigenvalue weighted by Gasteiger charge is 2.17. The lowest BCUT2D eigenvalue weighted by molar-refractivity contribution is -0.117. The first-order chi connectivity index (χ1) is 10.0. The summed E-state index contributed by atoms with van der Waals surface area (Å²) in [6.45, 7) is 3.88. The van der Waals surface area contributed by atoms with Crippen LogP contribution in [0.4, 0.5) is 5.69 Å². The van der Waals surface area contributed by atoms with Gasteiger partial charge in [0.05, 0.1) is 7.11 Å². The molecule has 0 spiro atoms. The number of rotatable bonds is 4. The van der Waals surface area contributed by atoms with Gasteiger partial charge in [-0.15, -0.1) is 0 Å². The Bertz CT molecular complexity index is 639. The lowest BCUT2D eigenvalue weighted by atomic mass is 10.1. The van der Waals surface area contributed by atoms with Gasteiger partial charge in [-0.1, -0.05) is 36.4 Å². The van der Waals surface area contributed by atoms with Gasteiger partial charge in [0.1, 0.15) is 11.8 Å². The summed E-state index contributed by atoms with van der Waals surface area (Å²) in [5, 5.41) is 2.87. The number of carbonyl (C=O) groups is 1. The number of hydrogen-bond donors (Lipinski definition) is 2. The summed E-state index contributed by atoms with van der Waals surface area (Å²) in [4.78, 5) is 12.3. The van der Waals surface area contributed by atoms with Gasteiger partial charge in [-0.2, -0.15) is 0 Å². The summed E-state index contributed by atoms with van der Waals surface area (Å²) in [5.74, 6) is 0.538. The van der Waals surface area contributed by atoms with Crippen LogP contribution in [0.5, 0.6) is 5.75 Å². The number of benzene rings is 2. The lowest BCUT2D eigenvalue weighted by Gasteiger charge is -2.16. The maximum Gasteiger partial charge on any atom is 0.245 e. The number of ether oxygens (including phenoxy) is 1. The summed E-state index contributed by atoms with van der Waals surface area (Å²) in [7, 11) is 1.62. The standard InChI is InChI=1S/C17H20N2O2/c1-11-9-10-14(12(2)16(11)21-3)19-17(20)15(18)13-7-5-4-6-8-13/h4-10,15H,18H2,1-3H3,(H,19,20). The highest BCUT2D eigenvalue weighted by atomic mass is 16.5. The van der Waals surface area contributed by atoms with Gasteiger partial charge in [-0.3, -0.25) is 4.79 Å². The first-order valence-electron chi connectivity index (χ1n) is 6.80. The Hall–Kier alpha value is -2.33. The van der Waals surface area contributed by atoms with E-state index < -0.39 is 6.04 Å². The normalized spacial score (nSPS) is 11.8. The molecular formula is C17H20N2O2. The van der Waals surface area contributed by atoms with Crippen molar-refractivity contribution in [3.63, 3.8) is 0 Å². The van der Waals surface area contributed by atoms with E-state index in [2.05, 4.69) is 5.32 Å². The fourth-order valence-corrected chi connectivity index (χ4v) is 2.30. The van der Waals surface area contributed by atoms with Gasteiger partial charge in [-0.05, 0) is 31.0 Å². The van der Waals surface area contributed by atoms with Crippen LogP contribution in [0.15, 0.2) is 42.5 Å². The van der Waals surface area contributed by atoms with E-state index in [4.69, 9.17) is 10.5 Å². The van der Waals surface area contributed by atoms with Crippen LogP contribution in [-0.2, 0) is 4.79 Å². The molecule has 0 saturated heterocycles. The van der Waals surface area contributed by atoms with Crippen molar-refractivity contribution in [3.05, 3.63) is 59.2 Å². The zero-order valence-corrected chi connectivity index (χ0v) is 12.5. The molecule has 0 heterocycles. The van der Waals surface area contributed by atoms with Crippen LogP contribution in [0.25, 0.3) is 0 Å². The Morgan fingerprint density at radius 2 is 1.81 bits per heavy atom. The Morgan fingerprint density at radius 3 is 2.43 bits per heavy atom. The molecule has 0 aliphatic heterocycles. The number of carbonyl (C=O) groups excluding carboxylic acids is 1. The Balaban J connectivity index is 2.21. The van der Waals surface area contributed by atoms with Crippen molar-refractivity contribution in [2.75, 3.05) is 12.4 Å². The van der Waals surface area contributed by atoms with E-state index in [1.165, 1.54) is 0 Å². The van der Waals surface area contributed by atoms with E-state index in [9.17, 15) is 4.79 Å². The second kappa shape index (κ2) is 6.41. The van der Waals surface area contributed by atoms with Crippen molar-refractivity contribution in [2.45, 2.75) is 19.9 Å². The second-order valence-corrected chi connectivity index (χ2v) is 4.97. The Labute approximate surface area is 124 Å². The molecule has 1 atom stereocenters. The molecule has 2 rings (SSSR count). The quantitative estimate of drug-likeness (QED) is 0.907. The minimum absolute atomic E-state index is 0.241. The first-order valence-corrected chi connectivity index (χ1v) is 6.80. The van der Waals surface area contributed by atoms with Crippen molar-refractivity contribution in [1.29, 1.82) is 0 Å². The molecule has 0 aromatic heterocycles. The van der Waals surface area contributed by atoms with Gasteiger partial charge in [0.25, 0.3) is 0 Å². The Kier molecular flexibility index (Phi) is 4.60. The second-order valence-electron chi connectivity index (χ2n) is 4.97. The maximum atomic E-state index is 12.3. The number of amides is 1. The molecule has 4 heteroatoms. The number of nitrogens with one attached hydrogen (secondary N) is 1. The fourth-order valence-electron chi connectivity index (χ4n) is 2.30. The summed E-state index contributed by atoms with van der Waals surface area (Å²) in [6.07, 6.45) is 0. The summed E-state index contributed by atoms with van der Waals surface area (Å²) in [5.41, 5.74) is 9.42. The van der Waals surface area contributed by atoms with Gasteiger partial charge in [-0.25, -0.2) is 0 Å². The molecule has 0 saturated carbocycles. The average molecular weight is 284 g/mol. The van der Waals surface area contributed by atoms with Crippen molar-refractivity contribution in [1.82, 2.24) is 0 Å². The van der Waals surface area contributed by atoms with Crippen molar-refractivity contribution >= 4 is 11.6 Å². The van der Waals surface area contributed by atoms with E-state index >= 15 is 0 Å². The minimum Gasteiger partial charge on any atom is -0.496 e. The number of methoxy groups -OCH3 is 1. The molecule has 0 fully saturated rings. The topological polar surface area (TPSA) is 64.3 Å². The van der Waals surface area contributed by atoms with Crippen LogP contribution >= 0.6 is 0 Å². The first kappa shape index (κ1) is 15.1. The smallest absolute Gasteiger partial charge is 0.245 e. The summed E-state index contributed by atoms with van der Waals surface area (Å²) < 4.78 is 5.36. The van der Waals surface area contributed by atoms with Gasteiger partial charge in [0.15, 0.2) is 0 Å². The van der Waals surface area contributed by atoms with Crippen LogP contribution in [0.1, 0.15) is 22.7 Å². The molecule has 110 valence electrons. The van der Waals surface area contributed by atoms with Gasteiger partial charge in [0, 0.05) is 11.3 Å². The third kappa shape index (κ3) is 3.23. The minimum atomic E-state index is -0.696. The number of hydrogen-bond acceptors (Lipinski definition) is 3.